The van der Waals surface area contributed by atoms with Crippen LogP contribution in [0.15, 0.2) is 48.5 Å². The monoisotopic (exact) mass is 487 g/mol. The number of methoxy groups -OCH3 is 2. The maximum atomic E-state index is 13.1. The molecule has 182 valence electrons. The van der Waals surface area contributed by atoms with Gasteiger partial charge in [0.15, 0.2) is 4.87 Å². The molecule has 3 rings (SSSR count). The zero-order valence-corrected chi connectivity index (χ0v) is 20.2. The number of ether oxygens (including phenoxy) is 2. The van der Waals surface area contributed by atoms with Gasteiger partial charge in [-0.3, -0.25) is 14.4 Å². The Morgan fingerprint density at radius 1 is 0.971 bits per heavy atom. The number of thioether (sulfide) groups is 1. The molecule has 1 aliphatic rings. The number of nitrogens with zero attached hydrogens (tertiary/aromatic N) is 1. The number of aliphatic hydroxyl groups is 1. The van der Waals surface area contributed by atoms with E-state index in [1.807, 2.05) is 24.3 Å². The summed E-state index contributed by atoms with van der Waals surface area (Å²) >= 11 is 1.19. The van der Waals surface area contributed by atoms with E-state index in [2.05, 4.69) is 10.6 Å². The molecule has 34 heavy (non-hydrogen) atoms. The van der Waals surface area contributed by atoms with Crippen molar-refractivity contribution < 1.29 is 29.0 Å². The Bertz CT molecular complexity index is 1010. The van der Waals surface area contributed by atoms with Gasteiger partial charge >= 0.3 is 0 Å². The van der Waals surface area contributed by atoms with Crippen LogP contribution >= 0.6 is 11.8 Å². The van der Waals surface area contributed by atoms with Gasteiger partial charge in [0.25, 0.3) is 11.8 Å². The Morgan fingerprint density at radius 3 is 1.94 bits per heavy atom. The first kappa shape index (κ1) is 25.4. The van der Waals surface area contributed by atoms with Crippen molar-refractivity contribution in [3.63, 3.8) is 0 Å². The van der Waals surface area contributed by atoms with Gasteiger partial charge in [-0.15, -0.1) is 11.8 Å². The van der Waals surface area contributed by atoms with Crippen LogP contribution in [0, 0.1) is 0 Å². The highest BCUT2D eigenvalue weighted by atomic mass is 32.2. The van der Waals surface area contributed by atoms with Crippen LogP contribution in [0.1, 0.15) is 18.1 Å². The molecule has 2 aromatic rings. The Hall–Kier alpha value is -3.24. The molecule has 0 radical (unpaired) electrons. The van der Waals surface area contributed by atoms with E-state index in [-0.39, 0.29) is 18.8 Å². The van der Waals surface area contributed by atoms with E-state index >= 15 is 0 Å². The molecule has 1 aliphatic heterocycles. The SMILES string of the molecule is COc1ccc(CNC(=O)[C@H]2CS[C@@](C)(C(=O)NCc3ccc(OC)cc3)N2C(=O)CO)cc1. The lowest BCUT2D eigenvalue weighted by molar-refractivity contribution is -0.149. The van der Waals surface area contributed by atoms with E-state index in [1.165, 1.54) is 16.7 Å². The average molecular weight is 488 g/mol. The highest BCUT2D eigenvalue weighted by Gasteiger charge is 2.53. The molecular formula is C24H29N3O6S. The summed E-state index contributed by atoms with van der Waals surface area (Å²) in [6, 6.07) is 13.6. The van der Waals surface area contributed by atoms with E-state index < -0.39 is 35.2 Å². The third kappa shape index (κ3) is 5.63. The van der Waals surface area contributed by atoms with Crippen LogP contribution in [-0.4, -0.2) is 65.2 Å². The van der Waals surface area contributed by atoms with Gasteiger partial charge in [0.1, 0.15) is 24.1 Å². The zero-order chi connectivity index (χ0) is 24.7. The average Bonchev–Trinajstić information content (AvgIpc) is 3.24. The predicted octanol–water partition coefficient (Wildman–Crippen LogP) is 1.29. The Morgan fingerprint density at radius 2 is 1.47 bits per heavy atom. The topological polar surface area (TPSA) is 117 Å². The van der Waals surface area contributed by atoms with Gasteiger partial charge in [-0.25, -0.2) is 0 Å². The van der Waals surface area contributed by atoms with E-state index in [0.717, 1.165) is 11.1 Å². The normalized spacial score (nSPS) is 19.4. The van der Waals surface area contributed by atoms with Gasteiger partial charge in [-0.2, -0.15) is 0 Å². The van der Waals surface area contributed by atoms with E-state index in [1.54, 1.807) is 45.4 Å². The summed E-state index contributed by atoms with van der Waals surface area (Å²) in [5.74, 6) is 0.149. The number of amides is 3. The van der Waals surface area contributed by atoms with Crippen molar-refractivity contribution in [2.75, 3.05) is 26.6 Å². The van der Waals surface area contributed by atoms with Crippen molar-refractivity contribution in [1.82, 2.24) is 15.5 Å². The van der Waals surface area contributed by atoms with Crippen molar-refractivity contribution in [3.05, 3.63) is 59.7 Å². The van der Waals surface area contributed by atoms with Gasteiger partial charge in [0.2, 0.25) is 5.91 Å². The fourth-order valence-electron chi connectivity index (χ4n) is 3.68. The maximum absolute atomic E-state index is 13.1. The van der Waals surface area contributed by atoms with Gasteiger partial charge in [0.05, 0.1) is 14.2 Å². The van der Waals surface area contributed by atoms with Gasteiger partial charge < -0.3 is 30.1 Å². The van der Waals surface area contributed by atoms with Crippen LogP contribution in [-0.2, 0) is 27.5 Å². The van der Waals surface area contributed by atoms with Crippen LogP contribution < -0.4 is 20.1 Å². The molecule has 0 aromatic heterocycles. The first-order chi connectivity index (χ1) is 16.3. The van der Waals surface area contributed by atoms with Gasteiger partial charge in [-0.1, -0.05) is 24.3 Å². The number of carbonyl (C=O) groups is 3. The van der Waals surface area contributed by atoms with E-state index in [0.29, 0.717) is 11.5 Å². The predicted molar refractivity (Wildman–Crippen MR) is 128 cm³/mol. The van der Waals surface area contributed by atoms with Crippen LogP contribution in [0.4, 0.5) is 0 Å². The molecule has 3 N–H and O–H groups in total. The molecule has 0 unspecified atom stereocenters. The molecule has 0 bridgehead atoms. The number of hydrogen-bond acceptors (Lipinski definition) is 7. The first-order valence-corrected chi connectivity index (χ1v) is 11.7. The quantitative estimate of drug-likeness (QED) is 0.488. The van der Waals surface area contributed by atoms with Crippen LogP contribution in [0.2, 0.25) is 0 Å². The third-order valence-electron chi connectivity index (χ3n) is 5.66. The minimum absolute atomic E-state index is 0.229. The van der Waals surface area contributed by atoms with Crippen molar-refractivity contribution in [3.8, 4) is 11.5 Å². The Balaban J connectivity index is 1.67. The summed E-state index contributed by atoms with van der Waals surface area (Å²) in [4.78, 5) is 38.5. The number of aliphatic hydroxyl groups excluding tert-OH is 1. The molecule has 1 heterocycles. The molecule has 2 atom stereocenters. The second-order valence-corrected chi connectivity index (χ2v) is 9.25. The lowest BCUT2D eigenvalue weighted by atomic mass is 10.1. The van der Waals surface area contributed by atoms with Crippen molar-refractivity contribution in [1.29, 1.82) is 0 Å². The minimum atomic E-state index is -1.34. The second kappa shape index (κ2) is 11.3. The van der Waals surface area contributed by atoms with Crippen molar-refractivity contribution in [2.24, 2.45) is 0 Å². The number of carbonyl (C=O) groups excluding carboxylic acids is 3. The molecule has 10 heteroatoms. The highest BCUT2D eigenvalue weighted by molar-refractivity contribution is 8.01. The summed E-state index contributed by atoms with van der Waals surface area (Å²) in [7, 11) is 3.15. The first-order valence-electron chi connectivity index (χ1n) is 10.7. The second-order valence-electron chi connectivity index (χ2n) is 7.83. The number of hydrogen-bond donors (Lipinski definition) is 3. The van der Waals surface area contributed by atoms with Crippen molar-refractivity contribution in [2.45, 2.75) is 30.9 Å². The van der Waals surface area contributed by atoms with E-state index in [4.69, 9.17) is 9.47 Å². The van der Waals surface area contributed by atoms with E-state index in [9.17, 15) is 19.5 Å². The molecule has 2 aromatic carbocycles. The van der Waals surface area contributed by atoms with Gasteiger partial charge in [0, 0.05) is 18.8 Å². The molecule has 0 saturated carbocycles. The number of nitrogens with one attached hydrogen (secondary N) is 2. The lowest BCUT2D eigenvalue weighted by Crippen LogP contribution is -2.59. The molecule has 0 aliphatic carbocycles. The minimum Gasteiger partial charge on any atom is -0.497 e. The number of benzene rings is 2. The molecule has 0 spiro atoms. The summed E-state index contributed by atoms with van der Waals surface area (Å²) in [6.07, 6.45) is 0. The Kier molecular flexibility index (Phi) is 8.41. The largest absolute Gasteiger partial charge is 0.497 e. The summed E-state index contributed by atoms with van der Waals surface area (Å²) in [5, 5.41) is 15.2. The summed E-state index contributed by atoms with van der Waals surface area (Å²) in [6.45, 7) is 1.29. The van der Waals surface area contributed by atoms with Crippen molar-refractivity contribution >= 4 is 29.5 Å². The number of rotatable bonds is 9. The lowest BCUT2D eigenvalue weighted by Gasteiger charge is -2.35. The zero-order valence-electron chi connectivity index (χ0n) is 19.4. The smallest absolute Gasteiger partial charge is 0.256 e. The molecule has 1 saturated heterocycles. The summed E-state index contributed by atoms with van der Waals surface area (Å²) in [5.41, 5.74) is 1.72. The molecule has 1 fully saturated rings. The molecular weight excluding hydrogens is 458 g/mol. The molecule has 3 amide bonds. The third-order valence-corrected chi connectivity index (χ3v) is 7.09. The van der Waals surface area contributed by atoms with Crippen LogP contribution in [0.3, 0.4) is 0 Å². The van der Waals surface area contributed by atoms with Crippen LogP contribution in [0.25, 0.3) is 0 Å². The fourth-order valence-corrected chi connectivity index (χ4v) is 5.03. The fraction of sp³-hybridized carbons (Fsp3) is 0.375. The maximum Gasteiger partial charge on any atom is 0.256 e. The Labute approximate surface area is 202 Å². The van der Waals surface area contributed by atoms with Crippen LogP contribution in [0.5, 0.6) is 11.5 Å². The molecule has 9 nitrogen and oxygen atoms in total. The highest BCUT2D eigenvalue weighted by Crippen LogP contribution is 2.40. The summed E-state index contributed by atoms with van der Waals surface area (Å²) < 4.78 is 10.3. The van der Waals surface area contributed by atoms with Gasteiger partial charge in [-0.05, 0) is 42.3 Å². The standard InChI is InChI=1S/C24H29N3O6S/c1-24(23(31)26-13-17-6-10-19(33-3)11-7-17)27(21(29)14-28)20(15-34-24)22(30)25-12-16-4-8-18(32-2)9-5-16/h4-11,20,28H,12-15H2,1-3H3,(H,25,30)(H,26,31)/t20-,24+/m1/s1.